The number of nitrogens with one attached hydrogen (secondary N) is 4. The van der Waals surface area contributed by atoms with E-state index in [0.717, 1.165) is 0 Å². The topological polar surface area (TPSA) is 257 Å². The van der Waals surface area contributed by atoms with Crippen molar-refractivity contribution < 1.29 is 38.4 Å². The monoisotopic (exact) mass is 758 g/mol. The predicted octanol–water partition coefficient (Wildman–Crippen LogP) is -1.89. The highest BCUT2D eigenvalue weighted by molar-refractivity contribution is 8.45. The van der Waals surface area contributed by atoms with Crippen molar-refractivity contribution in [2.24, 2.45) is 9.98 Å². The number of rotatable bonds is 3. The highest BCUT2D eigenvalue weighted by atomic mass is 32.7. The van der Waals surface area contributed by atoms with E-state index >= 15 is 0 Å². The fraction of sp³-hybridized carbons (Fsp3) is 0.520. The van der Waals surface area contributed by atoms with E-state index in [2.05, 4.69) is 81.8 Å². The molecule has 2 saturated heterocycles. The minimum Gasteiger partial charge on any atom is -0.394 e. The molecule has 20 nitrogen and oxygen atoms in total. The lowest BCUT2D eigenvalue weighted by atomic mass is 10.1. The minimum atomic E-state index is -4.07. The lowest BCUT2D eigenvalue weighted by Gasteiger charge is -2.26. The summed E-state index contributed by atoms with van der Waals surface area (Å²) in [6, 6.07) is -2.11. The van der Waals surface area contributed by atoms with Crippen LogP contribution in [-0.4, -0.2) is 120 Å². The zero-order valence-corrected chi connectivity index (χ0v) is 29.3. The summed E-state index contributed by atoms with van der Waals surface area (Å²) in [4.78, 5) is 25.8. The van der Waals surface area contributed by atoms with Gasteiger partial charge in [-0.25, -0.2) is 30.0 Å². The van der Waals surface area contributed by atoms with E-state index in [4.69, 9.17) is 14.0 Å². The fourth-order valence-corrected chi connectivity index (χ4v) is 8.49. The highest BCUT2D eigenvalue weighted by Crippen LogP contribution is 2.50. The lowest BCUT2D eigenvalue weighted by Crippen LogP contribution is -2.45. The minimum absolute atomic E-state index is 0.249. The molecular formula is C25H36N12O8P2S2. The SMILES string of the molecule is C=c1ncn2/c1=N/C=N\CNC/C=C/CNc1ncnc3c1ncn3C1OC(CO[P@](=O)(S)NC3[C@@H](O)C2O[C@@H]3CO)[C@H](N[PH](=O)S)[C@H]1O. The number of hydrogen-bond acceptors (Lipinski definition) is 16. The van der Waals surface area contributed by atoms with Gasteiger partial charge in [0.2, 0.25) is 0 Å². The number of aliphatic hydroxyl groups is 3. The molecule has 3 aromatic heterocycles. The van der Waals surface area contributed by atoms with Gasteiger partial charge in [-0.05, 0) is 0 Å². The quantitative estimate of drug-likeness (QED) is 0.0804. The van der Waals surface area contributed by atoms with Crippen molar-refractivity contribution in [1.82, 2.24) is 44.6 Å². The van der Waals surface area contributed by atoms with Gasteiger partial charge >= 0.3 is 6.72 Å². The van der Waals surface area contributed by atoms with Crippen molar-refractivity contribution in [3.8, 4) is 0 Å². The molecule has 0 amide bonds. The van der Waals surface area contributed by atoms with E-state index in [0.29, 0.717) is 30.1 Å². The van der Waals surface area contributed by atoms with Crippen molar-refractivity contribution in [2.75, 3.05) is 38.3 Å². The Hall–Kier alpha value is -2.56. The Bertz CT molecular complexity index is 1880. The molecule has 10 atom stereocenters. The van der Waals surface area contributed by atoms with Gasteiger partial charge in [-0.3, -0.25) is 33.7 Å². The van der Waals surface area contributed by atoms with Crippen LogP contribution >= 0.6 is 38.4 Å². The number of aromatic nitrogens is 6. The zero-order valence-electron chi connectivity index (χ0n) is 25.6. The first-order valence-electron chi connectivity index (χ1n) is 15.0. The number of hydrogen-bond donors (Lipinski definition) is 9. The maximum absolute atomic E-state index is 13.6. The number of ether oxygens (including phenoxy) is 2. The molecule has 0 saturated carbocycles. The second-order valence-electron chi connectivity index (χ2n) is 11.1. The Balaban J connectivity index is 1.31. The Morgan fingerprint density at radius 1 is 1.10 bits per heavy atom. The molecule has 0 aliphatic carbocycles. The van der Waals surface area contributed by atoms with Crippen molar-refractivity contribution in [1.29, 1.82) is 0 Å². The lowest BCUT2D eigenvalue weighted by molar-refractivity contribution is -0.0526. The molecule has 0 spiro atoms. The van der Waals surface area contributed by atoms with E-state index < -0.39 is 76.0 Å². The Kier molecular flexibility index (Phi) is 11.7. The van der Waals surface area contributed by atoms with E-state index in [1.807, 2.05) is 12.2 Å². The van der Waals surface area contributed by atoms with Crippen LogP contribution < -0.4 is 31.6 Å². The summed E-state index contributed by atoms with van der Waals surface area (Å²) in [7, 11) is -2.64. The van der Waals surface area contributed by atoms with E-state index in [-0.39, 0.29) is 17.5 Å². The second-order valence-corrected chi connectivity index (χ2v) is 16.4. The van der Waals surface area contributed by atoms with E-state index in [1.165, 1.54) is 34.5 Å². The van der Waals surface area contributed by atoms with Crippen molar-refractivity contribution in [3.05, 3.63) is 42.0 Å². The molecule has 24 heteroatoms. The second kappa shape index (κ2) is 15.8. The van der Waals surface area contributed by atoms with Crippen LogP contribution in [0.3, 0.4) is 0 Å². The Morgan fingerprint density at radius 2 is 1.88 bits per heavy atom. The number of thiol groups is 2. The number of anilines is 1. The molecule has 266 valence electrons. The number of aliphatic imine (C=N–C) groups is 1. The van der Waals surface area contributed by atoms with Crippen LogP contribution in [0.1, 0.15) is 12.5 Å². The van der Waals surface area contributed by atoms with Gasteiger partial charge in [-0.15, -0.1) is 12.2 Å². The summed E-state index contributed by atoms with van der Waals surface area (Å²) in [6.07, 6.45) is 2.32. The molecule has 6 rings (SSSR count). The molecule has 49 heavy (non-hydrogen) atoms. The molecule has 3 aromatic rings. The van der Waals surface area contributed by atoms with Crippen LogP contribution in [0.4, 0.5) is 5.82 Å². The smallest absolute Gasteiger partial charge is 0.324 e. The summed E-state index contributed by atoms with van der Waals surface area (Å²) < 4.78 is 46.5. The van der Waals surface area contributed by atoms with Gasteiger partial charge in [0.15, 0.2) is 42.1 Å². The Labute approximate surface area is 289 Å². The molecule has 3 aliphatic rings. The first-order valence-corrected chi connectivity index (χ1v) is 20.4. The third-order valence-corrected chi connectivity index (χ3v) is 10.8. The highest BCUT2D eigenvalue weighted by Gasteiger charge is 2.49. The van der Waals surface area contributed by atoms with Crippen LogP contribution in [0.5, 0.6) is 0 Å². The van der Waals surface area contributed by atoms with Crippen LogP contribution in [-0.2, 0) is 23.1 Å². The van der Waals surface area contributed by atoms with Gasteiger partial charge in [0.05, 0.1) is 44.6 Å². The van der Waals surface area contributed by atoms with Crippen molar-refractivity contribution in [2.45, 2.75) is 49.0 Å². The molecule has 0 aromatic carbocycles. The van der Waals surface area contributed by atoms with Crippen LogP contribution in [0.25, 0.3) is 17.7 Å². The van der Waals surface area contributed by atoms with Gasteiger partial charge in [0, 0.05) is 13.1 Å². The van der Waals surface area contributed by atoms with Crippen LogP contribution in [0, 0.1) is 0 Å². The van der Waals surface area contributed by atoms with Gasteiger partial charge < -0.3 is 34.6 Å². The summed E-state index contributed by atoms with van der Waals surface area (Å²) in [6.45, 7) is 0.0174. The predicted molar refractivity (Wildman–Crippen MR) is 184 cm³/mol. The van der Waals surface area contributed by atoms with Crippen molar-refractivity contribution in [3.63, 3.8) is 0 Å². The van der Waals surface area contributed by atoms with Gasteiger partial charge in [-0.1, -0.05) is 31.0 Å². The first-order chi connectivity index (χ1) is 23.6. The van der Waals surface area contributed by atoms with Gasteiger partial charge in [0.1, 0.15) is 42.4 Å². The molecule has 7 N–H and O–H groups in total. The maximum Gasteiger partial charge on any atom is 0.324 e. The summed E-state index contributed by atoms with van der Waals surface area (Å²) in [5.41, 5.74) is 1.02. The zero-order chi connectivity index (χ0) is 34.7. The van der Waals surface area contributed by atoms with E-state index in [1.54, 1.807) is 0 Å². The largest absolute Gasteiger partial charge is 0.394 e. The molecule has 3 aliphatic heterocycles. The average molecular weight is 759 g/mol. The normalized spacial score (nSPS) is 35.7. The molecule has 8 bridgehead atoms. The number of aliphatic hydroxyl groups excluding tert-OH is 3. The van der Waals surface area contributed by atoms with Gasteiger partial charge in [0.25, 0.3) is 0 Å². The maximum atomic E-state index is 13.6. The fourth-order valence-electron chi connectivity index (χ4n) is 5.68. The van der Waals surface area contributed by atoms with Crippen LogP contribution in [0.2, 0.25) is 0 Å². The summed E-state index contributed by atoms with van der Waals surface area (Å²) in [5, 5.41) is 44.7. The average Bonchev–Trinajstić information content (AvgIpc) is 3.81. The molecule has 6 heterocycles. The molecular weight excluding hydrogens is 722 g/mol. The Morgan fingerprint density at radius 3 is 2.67 bits per heavy atom. The standard InChI is InChI=1S/C25H36N12O8P2S2/c1-13-22-30-9-27-8-26-4-2-3-5-28-21-18-23(31-10-29-21)37(12-33-18)24-19(39)16(34-46(41)48)15(45-24)7-43-47(42,49)35-17-14(6-38)44-25(20(17)40)36(22)11-32-13/h2-3,9-12,14-17,19-20,24-26,38-40,46H,1,4-8H2,(H,28,29,31)(H2,34,41,48)(H2,35,42,49)/b3-2+,27-9-,30-22+/t14-,15?,16+,17?,19-,20-,24?,25?,47+/m1/s1. The van der Waals surface area contributed by atoms with Crippen molar-refractivity contribution >= 4 is 68.3 Å². The third-order valence-electron chi connectivity index (χ3n) is 7.97. The van der Waals surface area contributed by atoms with Gasteiger partial charge in [-0.2, -0.15) is 0 Å². The van der Waals surface area contributed by atoms with Crippen LogP contribution in [0.15, 0.2) is 41.1 Å². The summed E-state index contributed by atoms with van der Waals surface area (Å²) >= 11 is 8.19. The first kappa shape index (κ1) is 36.2. The number of fused-ring (bicyclic) bond motifs is 7. The molecule has 0 radical (unpaired) electrons. The molecule has 2 fully saturated rings. The summed E-state index contributed by atoms with van der Waals surface area (Å²) in [5.74, 6) is 0.448. The molecule has 5 unspecified atom stereocenters. The third kappa shape index (κ3) is 8.01. The number of imidazole rings is 2. The van der Waals surface area contributed by atoms with E-state index in [9.17, 15) is 24.4 Å². The number of nitrogens with zero attached hydrogens (tertiary/aromatic N) is 8.